The molecule has 0 saturated carbocycles. The second-order valence-electron chi connectivity index (χ2n) is 6.97. The van der Waals surface area contributed by atoms with Crippen molar-refractivity contribution in [2.75, 3.05) is 26.3 Å². The summed E-state index contributed by atoms with van der Waals surface area (Å²) in [6, 6.07) is 17.9. The highest BCUT2D eigenvalue weighted by Crippen LogP contribution is 2.20. The Hall–Kier alpha value is -1.92. The van der Waals surface area contributed by atoms with Gasteiger partial charge in [-0.05, 0) is 30.2 Å². The maximum absolute atomic E-state index is 10.3. The summed E-state index contributed by atoms with van der Waals surface area (Å²) >= 11 is 5.97. The van der Waals surface area contributed by atoms with E-state index in [2.05, 4.69) is 22.2 Å². The molecule has 2 atom stereocenters. The third-order valence-electron chi connectivity index (χ3n) is 4.60. The number of hydrogen-bond acceptors (Lipinski definition) is 5. The Kier molecular flexibility index (Phi) is 7.86. The predicted molar refractivity (Wildman–Crippen MR) is 112 cm³/mol. The highest BCUT2D eigenvalue weighted by Gasteiger charge is 2.25. The van der Waals surface area contributed by atoms with E-state index in [0.717, 1.165) is 24.2 Å². The molecule has 0 aliphatic carbocycles. The van der Waals surface area contributed by atoms with Gasteiger partial charge in [-0.25, -0.2) is 0 Å². The molecule has 0 spiro atoms. The van der Waals surface area contributed by atoms with E-state index in [-0.39, 0.29) is 6.10 Å². The van der Waals surface area contributed by atoms with Gasteiger partial charge < -0.3 is 14.7 Å². The van der Waals surface area contributed by atoms with Crippen molar-refractivity contribution in [3.05, 3.63) is 70.7 Å². The van der Waals surface area contributed by atoms with Crippen molar-refractivity contribution in [3.8, 4) is 0 Å². The summed E-state index contributed by atoms with van der Waals surface area (Å²) in [5.41, 5.74) is 3.15. The molecule has 0 fully saturated rings. The molecule has 1 aliphatic rings. The van der Waals surface area contributed by atoms with Gasteiger partial charge in [0.1, 0.15) is 6.10 Å². The highest BCUT2D eigenvalue weighted by molar-refractivity contribution is 6.30. The van der Waals surface area contributed by atoms with E-state index in [1.807, 2.05) is 49.4 Å². The standard InChI is InChI=1S/C22H27ClN2O3/c1-2-27-16-20(26)14-25(13-17-6-4-3-5-7-17)15-21-12-22(24-28-21)18-8-10-19(23)11-9-18/h3-11,20-21,26H,2,12-16H2,1H3/t20-,21-/m1/s1. The average Bonchev–Trinajstić information content (AvgIpc) is 3.16. The quantitative estimate of drug-likeness (QED) is 0.657. The van der Waals surface area contributed by atoms with E-state index >= 15 is 0 Å². The molecule has 5 nitrogen and oxygen atoms in total. The minimum absolute atomic E-state index is 0.0475. The topological polar surface area (TPSA) is 54.3 Å². The first-order chi connectivity index (χ1) is 13.6. The van der Waals surface area contributed by atoms with Crippen LogP contribution in [0.4, 0.5) is 0 Å². The minimum atomic E-state index is -0.540. The summed E-state index contributed by atoms with van der Waals surface area (Å²) in [6.07, 6.45) is 0.143. The van der Waals surface area contributed by atoms with Crippen molar-refractivity contribution < 1.29 is 14.7 Å². The molecule has 0 amide bonds. The lowest BCUT2D eigenvalue weighted by Crippen LogP contribution is -2.39. The monoisotopic (exact) mass is 402 g/mol. The molecule has 0 aromatic heterocycles. The number of hydrogen-bond donors (Lipinski definition) is 1. The summed E-state index contributed by atoms with van der Waals surface area (Å²) in [6.45, 7) is 4.79. The Morgan fingerprint density at radius 3 is 2.68 bits per heavy atom. The molecule has 1 aliphatic heterocycles. The SMILES string of the molecule is CCOC[C@H](O)CN(Cc1ccccc1)C[C@H]1CC(c2ccc(Cl)cc2)=NO1. The molecular weight excluding hydrogens is 376 g/mol. The van der Waals surface area contributed by atoms with Gasteiger partial charge in [0.05, 0.1) is 18.4 Å². The van der Waals surface area contributed by atoms with Crippen LogP contribution in [-0.2, 0) is 16.1 Å². The molecule has 150 valence electrons. The molecule has 3 rings (SSSR count). The number of aliphatic hydroxyl groups excluding tert-OH is 1. The number of aliphatic hydroxyl groups is 1. The van der Waals surface area contributed by atoms with Crippen LogP contribution in [0, 0.1) is 0 Å². The second kappa shape index (κ2) is 10.6. The Labute approximate surface area is 171 Å². The van der Waals surface area contributed by atoms with Crippen LogP contribution in [0.3, 0.4) is 0 Å². The third kappa shape index (κ3) is 6.31. The van der Waals surface area contributed by atoms with Crippen LogP contribution in [-0.4, -0.2) is 54.2 Å². The number of benzene rings is 2. The summed E-state index contributed by atoms with van der Waals surface area (Å²) in [5, 5.41) is 15.3. The van der Waals surface area contributed by atoms with Gasteiger partial charge in [0.25, 0.3) is 0 Å². The van der Waals surface area contributed by atoms with Crippen LogP contribution >= 0.6 is 11.6 Å². The first-order valence-corrected chi connectivity index (χ1v) is 10.0. The summed E-state index contributed by atoms with van der Waals surface area (Å²) in [4.78, 5) is 7.88. The molecule has 1 heterocycles. The van der Waals surface area contributed by atoms with Gasteiger partial charge in [-0.2, -0.15) is 0 Å². The number of ether oxygens (including phenoxy) is 1. The lowest BCUT2D eigenvalue weighted by atomic mass is 10.0. The maximum atomic E-state index is 10.3. The minimum Gasteiger partial charge on any atom is -0.390 e. The van der Waals surface area contributed by atoms with Crippen molar-refractivity contribution in [2.24, 2.45) is 5.16 Å². The first kappa shape index (κ1) is 20.8. The first-order valence-electron chi connectivity index (χ1n) is 9.64. The van der Waals surface area contributed by atoms with Crippen molar-refractivity contribution in [1.82, 2.24) is 4.90 Å². The lowest BCUT2D eigenvalue weighted by molar-refractivity contribution is 0.000495. The smallest absolute Gasteiger partial charge is 0.145 e. The molecule has 0 bridgehead atoms. The number of nitrogens with zero attached hydrogens (tertiary/aromatic N) is 2. The van der Waals surface area contributed by atoms with Crippen molar-refractivity contribution in [2.45, 2.75) is 32.1 Å². The van der Waals surface area contributed by atoms with E-state index in [1.165, 1.54) is 5.56 Å². The van der Waals surface area contributed by atoms with E-state index in [0.29, 0.717) is 31.3 Å². The number of oxime groups is 1. The summed E-state index contributed by atoms with van der Waals surface area (Å²) in [7, 11) is 0. The van der Waals surface area contributed by atoms with Crippen molar-refractivity contribution in [1.29, 1.82) is 0 Å². The second-order valence-corrected chi connectivity index (χ2v) is 7.41. The highest BCUT2D eigenvalue weighted by atomic mass is 35.5. The number of rotatable bonds is 10. The zero-order chi connectivity index (χ0) is 19.8. The Morgan fingerprint density at radius 2 is 1.96 bits per heavy atom. The van der Waals surface area contributed by atoms with Gasteiger partial charge in [0, 0.05) is 37.7 Å². The van der Waals surface area contributed by atoms with Gasteiger partial charge in [-0.3, -0.25) is 4.90 Å². The average molecular weight is 403 g/mol. The largest absolute Gasteiger partial charge is 0.390 e. The lowest BCUT2D eigenvalue weighted by Gasteiger charge is -2.27. The molecule has 1 N–H and O–H groups in total. The normalized spacial score (nSPS) is 17.4. The van der Waals surface area contributed by atoms with Gasteiger partial charge in [0.2, 0.25) is 0 Å². The molecule has 0 unspecified atom stereocenters. The van der Waals surface area contributed by atoms with Crippen LogP contribution in [0.15, 0.2) is 59.8 Å². The molecule has 0 saturated heterocycles. The van der Waals surface area contributed by atoms with Crippen LogP contribution in [0.5, 0.6) is 0 Å². The predicted octanol–water partition coefficient (Wildman–Crippen LogP) is 3.73. The Morgan fingerprint density at radius 1 is 1.21 bits per heavy atom. The van der Waals surface area contributed by atoms with Crippen molar-refractivity contribution >= 4 is 17.3 Å². The summed E-state index contributed by atoms with van der Waals surface area (Å²) in [5.74, 6) is 0. The van der Waals surface area contributed by atoms with Crippen LogP contribution in [0.1, 0.15) is 24.5 Å². The zero-order valence-corrected chi connectivity index (χ0v) is 16.9. The molecule has 28 heavy (non-hydrogen) atoms. The van der Waals surface area contributed by atoms with Crippen molar-refractivity contribution in [3.63, 3.8) is 0 Å². The van der Waals surface area contributed by atoms with E-state index < -0.39 is 6.10 Å². The molecule has 0 radical (unpaired) electrons. The van der Waals surface area contributed by atoms with Gasteiger partial charge in [0.15, 0.2) is 0 Å². The fourth-order valence-electron chi connectivity index (χ4n) is 3.28. The molecular formula is C22H27ClN2O3. The summed E-state index contributed by atoms with van der Waals surface area (Å²) < 4.78 is 5.36. The maximum Gasteiger partial charge on any atom is 0.145 e. The Bertz CT molecular complexity index is 752. The van der Waals surface area contributed by atoms with Crippen LogP contribution < -0.4 is 0 Å². The zero-order valence-electron chi connectivity index (χ0n) is 16.1. The number of halogens is 1. The fraction of sp³-hybridized carbons (Fsp3) is 0.409. The van der Waals surface area contributed by atoms with Crippen LogP contribution in [0.25, 0.3) is 0 Å². The van der Waals surface area contributed by atoms with Crippen LogP contribution in [0.2, 0.25) is 5.02 Å². The van der Waals surface area contributed by atoms with Gasteiger partial charge >= 0.3 is 0 Å². The van der Waals surface area contributed by atoms with E-state index in [4.69, 9.17) is 21.2 Å². The third-order valence-corrected chi connectivity index (χ3v) is 4.86. The Balaban J connectivity index is 1.60. The molecule has 2 aromatic rings. The van der Waals surface area contributed by atoms with Gasteiger partial charge in [-0.15, -0.1) is 0 Å². The van der Waals surface area contributed by atoms with E-state index in [9.17, 15) is 5.11 Å². The fourth-order valence-corrected chi connectivity index (χ4v) is 3.40. The van der Waals surface area contributed by atoms with E-state index in [1.54, 1.807) is 0 Å². The molecule has 6 heteroatoms. The van der Waals surface area contributed by atoms with Gasteiger partial charge in [-0.1, -0.05) is 59.2 Å². The molecule has 2 aromatic carbocycles.